The molecule has 1 nitrogen and oxygen atoms in total. The van der Waals surface area contributed by atoms with Crippen LogP contribution in [-0.4, -0.2) is 5.11 Å². The Morgan fingerprint density at radius 3 is 2.45 bits per heavy atom. The lowest BCUT2D eigenvalue weighted by Gasteiger charge is -2.31. The standard InChI is InChI=1S/C10H18O/c1-3-10(4-2)7-5-6-9(11)8-10/h8,11H,3-7H2,1-2H3. The van der Waals surface area contributed by atoms with Crippen LogP contribution in [0, 0.1) is 5.41 Å². The average Bonchev–Trinajstić information content (AvgIpc) is 2.04. The zero-order chi connectivity index (χ0) is 8.32. The van der Waals surface area contributed by atoms with E-state index >= 15 is 0 Å². The Kier molecular flexibility index (Phi) is 2.58. The second-order valence-electron chi connectivity index (χ2n) is 3.56. The SMILES string of the molecule is CCC1(CC)C=C(O)CCC1. The van der Waals surface area contributed by atoms with Crippen molar-refractivity contribution in [1.82, 2.24) is 0 Å². The Morgan fingerprint density at radius 1 is 1.45 bits per heavy atom. The van der Waals surface area contributed by atoms with Crippen LogP contribution in [0.3, 0.4) is 0 Å². The molecule has 0 fully saturated rings. The topological polar surface area (TPSA) is 20.2 Å². The summed E-state index contributed by atoms with van der Waals surface area (Å²) in [7, 11) is 0. The van der Waals surface area contributed by atoms with Crippen LogP contribution in [0.15, 0.2) is 11.8 Å². The van der Waals surface area contributed by atoms with E-state index in [0.29, 0.717) is 11.2 Å². The molecule has 0 saturated heterocycles. The van der Waals surface area contributed by atoms with Crippen LogP contribution < -0.4 is 0 Å². The quantitative estimate of drug-likeness (QED) is 0.646. The average molecular weight is 154 g/mol. The van der Waals surface area contributed by atoms with Crippen LogP contribution >= 0.6 is 0 Å². The molecule has 0 heterocycles. The summed E-state index contributed by atoms with van der Waals surface area (Å²) in [6.07, 6.45) is 7.70. The van der Waals surface area contributed by atoms with Crippen molar-refractivity contribution < 1.29 is 5.11 Å². The van der Waals surface area contributed by atoms with Gasteiger partial charge in [-0.15, -0.1) is 0 Å². The third-order valence-electron chi connectivity index (χ3n) is 2.99. The van der Waals surface area contributed by atoms with Crippen molar-refractivity contribution >= 4 is 0 Å². The van der Waals surface area contributed by atoms with Gasteiger partial charge in [0.25, 0.3) is 0 Å². The Morgan fingerprint density at radius 2 is 2.09 bits per heavy atom. The highest BCUT2D eigenvalue weighted by molar-refractivity contribution is 5.06. The van der Waals surface area contributed by atoms with E-state index in [1.54, 1.807) is 0 Å². The van der Waals surface area contributed by atoms with Crippen LogP contribution in [0.2, 0.25) is 0 Å². The first-order valence-electron chi connectivity index (χ1n) is 4.63. The van der Waals surface area contributed by atoms with Crippen LogP contribution in [0.25, 0.3) is 0 Å². The predicted molar refractivity (Wildman–Crippen MR) is 47.6 cm³/mol. The first-order chi connectivity index (χ1) is 5.22. The Bertz CT molecular complexity index is 154. The monoisotopic (exact) mass is 154 g/mol. The molecule has 64 valence electrons. The van der Waals surface area contributed by atoms with E-state index in [2.05, 4.69) is 19.9 Å². The number of aliphatic hydroxyl groups excluding tert-OH is 1. The smallest absolute Gasteiger partial charge is 0.0888 e. The Hall–Kier alpha value is -0.460. The molecule has 1 N–H and O–H groups in total. The summed E-state index contributed by atoms with van der Waals surface area (Å²) in [5, 5.41) is 9.37. The first-order valence-corrected chi connectivity index (χ1v) is 4.63. The fraction of sp³-hybridized carbons (Fsp3) is 0.800. The third kappa shape index (κ3) is 1.76. The van der Waals surface area contributed by atoms with E-state index in [-0.39, 0.29) is 0 Å². The van der Waals surface area contributed by atoms with Crippen LogP contribution in [0.1, 0.15) is 46.0 Å². The fourth-order valence-corrected chi connectivity index (χ4v) is 1.93. The highest BCUT2D eigenvalue weighted by Gasteiger charge is 2.26. The van der Waals surface area contributed by atoms with Crippen molar-refractivity contribution in [2.45, 2.75) is 46.0 Å². The number of hydrogen-bond donors (Lipinski definition) is 1. The molecule has 0 saturated carbocycles. The van der Waals surface area contributed by atoms with Crippen molar-refractivity contribution in [1.29, 1.82) is 0 Å². The zero-order valence-electron chi connectivity index (χ0n) is 7.56. The molecule has 0 aromatic rings. The lowest BCUT2D eigenvalue weighted by atomic mass is 9.74. The van der Waals surface area contributed by atoms with Crippen molar-refractivity contribution in [3.05, 3.63) is 11.8 Å². The van der Waals surface area contributed by atoms with E-state index in [4.69, 9.17) is 0 Å². The van der Waals surface area contributed by atoms with E-state index < -0.39 is 0 Å². The highest BCUT2D eigenvalue weighted by atomic mass is 16.3. The number of aliphatic hydroxyl groups is 1. The summed E-state index contributed by atoms with van der Waals surface area (Å²) in [5.74, 6) is 0.611. The molecule has 0 amide bonds. The van der Waals surface area contributed by atoms with Crippen molar-refractivity contribution in [2.24, 2.45) is 5.41 Å². The molecule has 0 bridgehead atoms. The maximum absolute atomic E-state index is 9.37. The van der Waals surface area contributed by atoms with Gasteiger partial charge in [0, 0.05) is 6.42 Å². The molecule has 0 unspecified atom stereocenters. The van der Waals surface area contributed by atoms with Gasteiger partial charge < -0.3 is 5.11 Å². The summed E-state index contributed by atoms with van der Waals surface area (Å²) < 4.78 is 0. The fourth-order valence-electron chi connectivity index (χ4n) is 1.93. The van der Waals surface area contributed by atoms with Gasteiger partial charge in [0.05, 0.1) is 5.76 Å². The predicted octanol–water partition coefficient (Wildman–Crippen LogP) is 3.42. The number of hydrogen-bond acceptors (Lipinski definition) is 1. The second-order valence-corrected chi connectivity index (χ2v) is 3.56. The van der Waals surface area contributed by atoms with Gasteiger partial charge in [-0.1, -0.05) is 13.8 Å². The van der Waals surface area contributed by atoms with Crippen LogP contribution in [0.4, 0.5) is 0 Å². The minimum atomic E-state index is 0.322. The molecule has 0 aromatic carbocycles. The summed E-state index contributed by atoms with van der Waals surface area (Å²) in [6.45, 7) is 4.41. The van der Waals surface area contributed by atoms with Gasteiger partial charge in [0.2, 0.25) is 0 Å². The summed E-state index contributed by atoms with van der Waals surface area (Å²) in [6, 6.07) is 0. The summed E-state index contributed by atoms with van der Waals surface area (Å²) in [5.41, 5.74) is 0.322. The number of rotatable bonds is 2. The van der Waals surface area contributed by atoms with Gasteiger partial charge in [0.15, 0.2) is 0 Å². The summed E-state index contributed by atoms with van der Waals surface area (Å²) >= 11 is 0. The molecule has 1 aliphatic carbocycles. The molecule has 1 aliphatic rings. The van der Waals surface area contributed by atoms with Gasteiger partial charge >= 0.3 is 0 Å². The largest absolute Gasteiger partial charge is 0.513 e. The second kappa shape index (κ2) is 3.29. The molecule has 0 radical (unpaired) electrons. The lowest BCUT2D eigenvalue weighted by molar-refractivity contribution is 0.256. The van der Waals surface area contributed by atoms with E-state index in [1.807, 2.05) is 0 Å². The minimum Gasteiger partial charge on any atom is -0.513 e. The lowest BCUT2D eigenvalue weighted by Crippen LogP contribution is -2.19. The van der Waals surface area contributed by atoms with Gasteiger partial charge in [-0.3, -0.25) is 0 Å². The van der Waals surface area contributed by atoms with Crippen LogP contribution in [0.5, 0.6) is 0 Å². The van der Waals surface area contributed by atoms with E-state index in [1.165, 1.54) is 6.42 Å². The highest BCUT2D eigenvalue weighted by Crippen LogP contribution is 2.38. The molecule has 11 heavy (non-hydrogen) atoms. The van der Waals surface area contributed by atoms with Gasteiger partial charge in [-0.2, -0.15) is 0 Å². The summed E-state index contributed by atoms with van der Waals surface area (Å²) in [4.78, 5) is 0. The molecule has 0 atom stereocenters. The normalized spacial score (nSPS) is 22.9. The maximum Gasteiger partial charge on any atom is 0.0888 e. The molecule has 0 aliphatic heterocycles. The van der Waals surface area contributed by atoms with E-state index in [0.717, 1.165) is 25.7 Å². The van der Waals surface area contributed by atoms with Gasteiger partial charge in [0.1, 0.15) is 0 Å². The van der Waals surface area contributed by atoms with Gasteiger partial charge in [-0.05, 0) is 37.2 Å². The van der Waals surface area contributed by atoms with Crippen molar-refractivity contribution in [3.63, 3.8) is 0 Å². The Balaban J connectivity index is 2.74. The maximum atomic E-state index is 9.37. The zero-order valence-corrected chi connectivity index (χ0v) is 7.56. The van der Waals surface area contributed by atoms with Gasteiger partial charge in [-0.25, -0.2) is 0 Å². The molecule has 0 aromatic heterocycles. The van der Waals surface area contributed by atoms with Crippen LogP contribution in [-0.2, 0) is 0 Å². The molecule has 1 rings (SSSR count). The molecule has 0 spiro atoms. The first kappa shape index (κ1) is 8.63. The molecular formula is C10H18O. The van der Waals surface area contributed by atoms with Crippen molar-refractivity contribution in [2.75, 3.05) is 0 Å². The molecular weight excluding hydrogens is 136 g/mol. The minimum absolute atomic E-state index is 0.322. The third-order valence-corrected chi connectivity index (χ3v) is 2.99. The molecule has 1 heteroatoms. The Labute approximate surface area is 69.1 Å². The van der Waals surface area contributed by atoms with E-state index in [9.17, 15) is 5.11 Å². The van der Waals surface area contributed by atoms with Crippen molar-refractivity contribution in [3.8, 4) is 0 Å². The number of allylic oxidation sites excluding steroid dienone is 2.